The number of fused-ring (bicyclic) bond motifs is 1. The molecule has 0 unspecified atom stereocenters. The van der Waals surface area contributed by atoms with Crippen LogP contribution in [0.4, 0.5) is 24.0 Å². The summed E-state index contributed by atoms with van der Waals surface area (Å²) in [6.07, 6.45) is -2.74. The predicted octanol–water partition coefficient (Wildman–Crippen LogP) is 4.29. The van der Waals surface area contributed by atoms with Crippen molar-refractivity contribution in [2.24, 2.45) is 5.92 Å². The van der Waals surface area contributed by atoms with Gasteiger partial charge in [0.25, 0.3) is 0 Å². The number of hydrogen-bond donors (Lipinski definition) is 2. The smallest absolute Gasteiger partial charge is 0.348 e. The number of nitrogens with one attached hydrogen (secondary N) is 2. The highest BCUT2D eigenvalue weighted by Gasteiger charge is 2.30. The summed E-state index contributed by atoms with van der Waals surface area (Å²) >= 11 is 1.66. The molecular formula is C22H21F3N4O2S. The van der Waals surface area contributed by atoms with Crippen LogP contribution in [0.3, 0.4) is 0 Å². The minimum Gasteiger partial charge on any atom is -0.348 e. The van der Waals surface area contributed by atoms with Crippen LogP contribution in [0.5, 0.6) is 0 Å². The van der Waals surface area contributed by atoms with E-state index in [9.17, 15) is 22.8 Å². The van der Waals surface area contributed by atoms with E-state index in [4.69, 9.17) is 0 Å². The van der Waals surface area contributed by atoms with Crippen molar-refractivity contribution in [2.45, 2.75) is 19.0 Å². The fraction of sp³-hybridized carbons (Fsp3) is 0.318. The van der Waals surface area contributed by atoms with Crippen LogP contribution in [-0.4, -0.2) is 36.4 Å². The minimum atomic E-state index is -4.46. The Bertz CT molecular complexity index is 1070. The van der Waals surface area contributed by atoms with Crippen molar-refractivity contribution in [3.8, 4) is 0 Å². The summed E-state index contributed by atoms with van der Waals surface area (Å²) in [5.74, 6) is -1.47. The average molecular weight is 462 g/mol. The van der Waals surface area contributed by atoms with Crippen molar-refractivity contribution >= 4 is 44.2 Å². The molecule has 32 heavy (non-hydrogen) atoms. The maximum absolute atomic E-state index is 12.6. The van der Waals surface area contributed by atoms with Crippen molar-refractivity contribution in [2.75, 3.05) is 29.9 Å². The molecule has 0 atom stereocenters. The van der Waals surface area contributed by atoms with E-state index in [1.807, 2.05) is 18.2 Å². The van der Waals surface area contributed by atoms with Gasteiger partial charge in [-0.15, -0.1) is 0 Å². The molecule has 1 saturated heterocycles. The van der Waals surface area contributed by atoms with Crippen LogP contribution in [0.1, 0.15) is 18.4 Å². The second-order valence-corrected chi connectivity index (χ2v) is 8.64. The highest BCUT2D eigenvalue weighted by Crippen LogP contribution is 2.31. The van der Waals surface area contributed by atoms with E-state index >= 15 is 0 Å². The molecule has 0 spiro atoms. The van der Waals surface area contributed by atoms with Crippen LogP contribution < -0.4 is 15.5 Å². The molecule has 10 heteroatoms. The van der Waals surface area contributed by atoms with Gasteiger partial charge in [-0.1, -0.05) is 23.5 Å². The van der Waals surface area contributed by atoms with Crippen LogP contribution in [0.15, 0.2) is 48.5 Å². The maximum atomic E-state index is 12.6. The van der Waals surface area contributed by atoms with Crippen LogP contribution >= 0.6 is 11.3 Å². The summed E-state index contributed by atoms with van der Waals surface area (Å²) in [4.78, 5) is 31.0. The van der Waals surface area contributed by atoms with Crippen molar-refractivity contribution in [3.63, 3.8) is 0 Å². The second kappa shape index (κ2) is 9.15. The zero-order chi connectivity index (χ0) is 22.7. The highest BCUT2D eigenvalue weighted by molar-refractivity contribution is 7.22. The summed E-state index contributed by atoms with van der Waals surface area (Å²) in [7, 11) is 0. The van der Waals surface area contributed by atoms with Crippen LogP contribution in [0, 0.1) is 5.92 Å². The number of para-hydroxylation sites is 1. The van der Waals surface area contributed by atoms with E-state index in [-0.39, 0.29) is 11.6 Å². The Morgan fingerprint density at radius 2 is 1.72 bits per heavy atom. The number of anilines is 2. The van der Waals surface area contributed by atoms with Gasteiger partial charge in [-0.2, -0.15) is 13.2 Å². The third-order valence-electron chi connectivity index (χ3n) is 5.40. The van der Waals surface area contributed by atoms with Gasteiger partial charge < -0.3 is 15.5 Å². The number of aromatic nitrogens is 1. The summed E-state index contributed by atoms with van der Waals surface area (Å²) in [5, 5.41) is 5.93. The molecule has 2 N–H and O–H groups in total. The largest absolute Gasteiger partial charge is 0.416 e. The van der Waals surface area contributed by atoms with E-state index in [1.165, 1.54) is 0 Å². The Balaban J connectivity index is 1.22. The van der Waals surface area contributed by atoms with Crippen molar-refractivity contribution in [3.05, 3.63) is 54.1 Å². The van der Waals surface area contributed by atoms with Crippen LogP contribution in [0.2, 0.25) is 0 Å². The third-order valence-corrected chi connectivity index (χ3v) is 6.49. The summed E-state index contributed by atoms with van der Waals surface area (Å²) in [6.45, 7) is 2.00. The van der Waals surface area contributed by atoms with Gasteiger partial charge in [-0.05, 0) is 55.2 Å². The first-order chi connectivity index (χ1) is 15.3. The number of amides is 2. The number of hydrogen-bond acceptors (Lipinski definition) is 5. The van der Waals surface area contributed by atoms with Gasteiger partial charge >= 0.3 is 18.0 Å². The molecule has 2 aromatic carbocycles. The molecule has 0 bridgehead atoms. The number of rotatable bonds is 4. The first kappa shape index (κ1) is 22.1. The molecule has 0 saturated carbocycles. The van der Waals surface area contributed by atoms with E-state index in [1.54, 1.807) is 11.3 Å². The lowest BCUT2D eigenvalue weighted by atomic mass is 9.97. The molecule has 0 radical (unpaired) electrons. The number of carbonyl (C=O) groups excluding carboxylic acids is 2. The standard InChI is InChI=1S/C22H21F3N4O2S/c23-22(24,25)15-5-7-16(8-6-15)27-20(31)19(30)26-13-14-9-11-29(12-10-14)21-28-17-3-1-2-4-18(17)32-21/h1-8,14H,9-13H2,(H,26,30)(H,27,31). The summed E-state index contributed by atoms with van der Waals surface area (Å²) in [6, 6.07) is 11.9. The average Bonchev–Trinajstić information content (AvgIpc) is 3.22. The zero-order valence-electron chi connectivity index (χ0n) is 17.0. The maximum Gasteiger partial charge on any atom is 0.416 e. The van der Waals surface area contributed by atoms with Crippen LogP contribution in [0.25, 0.3) is 10.2 Å². The second-order valence-electron chi connectivity index (χ2n) is 7.63. The molecule has 3 aromatic rings. The SMILES string of the molecule is O=C(NCC1CCN(c2nc3ccccc3s2)CC1)C(=O)Nc1ccc(C(F)(F)F)cc1. The quantitative estimate of drug-likeness (QED) is 0.568. The van der Waals surface area contributed by atoms with E-state index in [2.05, 4.69) is 26.6 Å². The van der Waals surface area contributed by atoms with Crippen molar-refractivity contribution in [1.29, 1.82) is 0 Å². The summed E-state index contributed by atoms with van der Waals surface area (Å²) in [5.41, 5.74) is 0.292. The molecule has 2 heterocycles. The molecule has 1 fully saturated rings. The van der Waals surface area contributed by atoms with E-state index in [0.29, 0.717) is 6.54 Å². The molecule has 2 amide bonds. The van der Waals surface area contributed by atoms with Gasteiger partial charge in [0, 0.05) is 25.3 Å². The van der Waals surface area contributed by atoms with Gasteiger partial charge in [0.1, 0.15) is 0 Å². The molecule has 1 aliphatic heterocycles. The van der Waals surface area contributed by atoms with Gasteiger partial charge in [0.05, 0.1) is 15.8 Å². The van der Waals surface area contributed by atoms with Gasteiger partial charge in [0.15, 0.2) is 5.13 Å². The first-order valence-electron chi connectivity index (χ1n) is 10.2. The third kappa shape index (κ3) is 5.18. The Kier molecular flexibility index (Phi) is 6.31. The van der Waals surface area contributed by atoms with E-state index in [0.717, 1.165) is 65.5 Å². The predicted molar refractivity (Wildman–Crippen MR) is 118 cm³/mol. The van der Waals surface area contributed by atoms with Gasteiger partial charge in [-0.25, -0.2) is 4.98 Å². The zero-order valence-corrected chi connectivity index (χ0v) is 17.8. The Morgan fingerprint density at radius 3 is 2.38 bits per heavy atom. The van der Waals surface area contributed by atoms with Crippen LogP contribution in [-0.2, 0) is 15.8 Å². The van der Waals surface area contributed by atoms with Crippen molar-refractivity contribution < 1.29 is 22.8 Å². The lowest BCUT2D eigenvalue weighted by Gasteiger charge is -2.31. The summed E-state index contributed by atoms with van der Waals surface area (Å²) < 4.78 is 38.9. The molecule has 1 aliphatic rings. The number of carbonyl (C=O) groups is 2. The molecule has 0 aliphatic carbocycles. The number of thiazole rings is 1. The molecular weight excluding hydrogens is 441 g/mol. The lowest BCUT2D eigenvalue weighted by molar-refractivity contribution is -0.137. The Morgan fingerprint density at radius 1 is 1.03 bits per heavy atom. The molecule has 1 aromatic heterocycles. The first-order valence-corrected chi connectivity index (χ1v) is 11.0. The number of halogens is 3. The number of nitrogens with zero attached hydrogens (tertiary/aromatic N) is 2. The Labute approximate surface area is 186 Å². The minimum absolute atomic E-state index is 0.127. The van der Waals surface area contributed by atoms with Gasteiger partial charge in [-0.3, -0.25) is 9.59 Å². The van der Waals surface area contributed by atoms with Gasteiger partial charge in [0.2, 0.25) is 0 Å². The fourth-order valence-electron chi connectivity index (χ4n) is 3.57. The molecule has 6 nitrogen and oxygen atoms in total. The number of piperidine rings is 1. The lowest BCUT2D eigenvalue weighted by Crippen LogP contribution is -2.41. The topological polar surface area (TPSA) is 74.3 Å². The normalized spacial score (nSPS) is 15.0. The molecule has 4 rings (SSSR count). The van der Waals surface area contributed by atoms with Crippen molar-refractivity contribution in [1.82, 2.24) is 10.3 Å². The van der Waals surface area contributed by atoms with E-state index < -0.39 is 23.6 Å². The number of benzene rings is 2. The fourth-order valence-corrected chi connectivity index (χ4v) is 4.59. The Hall–Kier alpha value is -3.14. The highest BCUT2D eigenvalue weighted by atomic mass is 32.1. The monoisotopic (exact) mass is 462 g/mol. The molecule has 168 valence electrons. The number of alkyl halides is 3.